The summed E-state index contributed by atoms with van der Waals surface area (Å²) in [5, 5.41) is 31.9. The first kappa shape index (κ1) is 16.4. The Balaban J connectivity index is 1.86. The Morgan fingerprint density at radius 1 is 1.38 bits per heavy atom. The summed E-state index contributed by atoms with van der Waals surface area (Å²) < 4.78 is 0. The molecular formula is C17H18N2O5. The van der Waals surface area contributed by atoms with Crippen LogP contribution < -0.4 is 5.06 Å². The topological polar surface area (TPSA) is 105 Å². The second-order valence-corrected chi connectivity index (χ2v) is 6.09. The first-order chi connectivity index (χ1) is 11.4. The Morgan fingerprint density at radius 2 is 2.04 bits per heavy atom. The summed E-state index contributed by atoms with van der Waals surface area (Å²) in [7, 11) is 0. The minimum absolute atomic E-state index is 0.0801. The van der Waals surface area contributed by atoms with Crippen LogP contribution in [0.1, 0.15) is 22.8 Å². The monoisotopic (exact) mass is 330 g/mol. The Hall–Kier alpha value is -2.48. The summed E-state index contributed by atoms with van der Waals surface area (Å²) in [5.41, 5.74) is 2.04. The molecule has 3 unspecified atom stereocenters. The van der Waals surface area contributed by atoms with Gasteiger partial charge >= 0.3 is 5.97 Å². The number of quaternary nitrogens is 1. The number of nitrogens with zero attached hydrogens (tertiary/aromatic N) is 1. The van der Waals surface area contributed by atoms with E-state index in [4.69, 9.17) is 5.11 Å². The molecule has 2 aliphatic heterocycles. The summed E-state index contributed by atoms with van der Waals surface area (Å²) in [4.78, 5) is 23.6. The fraction of sp³-hybridized carbons (Fsp3) is 0.294. The van der Waals surface area contributed by atoms with Crippen molar-refractivity contribution in [3.8, 4) is 0 Å². The number of hydroxylamine groups is 4. The molecular weight excluding hydrogens is 312 g/mol. The van der Waals surface area contributed by atoms with Gasteiger partial charge in [-0.1, -0.05) is 12.1 Å². The normalized spacial score (nSPS) is 26.5. The van der Waals surface area contributed by atoms with E-state index in [0.29, 0.717) is 11.1 Å². The van der Waals surface area contributed by atoms with Crippen LogP contribution in [0, 0.1) is 5.21 Å². The fourth-order valence-electron chi connectivity index (χ4n) is 3.21. The molecule has 126 valence electrons. The zero-order valence-electron chi connectivity index (χ0n) is 13.1. The van der Waals surface area contributed by atoms with Gasteiger partial charge in [0.2, 0.25) is 5.78 Å². The first-order valence-electron chi connectivity index (χ1n) is 7.65. The Labute approximate surface area is 138 Å². The molecule has 0 saturated carbocycles. The van der Waals surface area contributed by atoms with E-state index in [1.165, 1.54) is 18.3 Å². The zero-order chi connectivity index (χ0) is 17.4. The first-order valence-corrected chi connectivity index (χ1v) is 7.65. The molecule has 3 N–H and O–H groups in total. The van der Waals surface area contributed by atoms with Crippen LogP contribution in [0.15, 0.2) is 47.7 Å². The van der Waals surface area contributed by atoms with Gasteiger partial charge in [-0.15, -0.1) is 0 Å². The van der Waals surface area contributed by atoms with E-state index in [-0.39, 0.29) is 29.4 Å². The standard InChI is InChI=1S/C17H18N2O5/c1-10-13-6-7-18(23)9-14(13)16(20)15(19(10)24)8-11-2-4-12(5-3-11)17(21)22/h2-7,10,15,19,23H,8-9H2,1H3,(H,21,22). The third-order valence-electron chi connectivity index (χ3n) is 4.59. The highest BCUT2D eigenvalue weighted by molar-refractivity contribution is 6.01. The molecule has 0 aromatic heterocycles. The molecule has 0 saturated heterocycles. The molecule has 0 spiro atoms. The van der Waals surface area contributed by atoms with E-state index >= 15 is 0 Å². The maximum Gasteiger partial charge on any atom is 0.335 e. The van der Waals surface area contributed by atoms with Gasteiger partial charge < -0.3 is 15.4 Å². The molecule has 0 bridgehead atoms. The summed E-state index contributed by atoms with van der Waals surface area (Å²) in [5.74, 6) is -1.29. The fourth-order valence-corrected chi connectivity index (χ4v) is 3.21. The molecule has 1 aromatic carbocycles. The summed E-state index contributed by atoms with van der Waals surface area (Å²) in [6.07, 6.45) is 3.28. The van der Waals surface area contributed by atoms with Crippen molar-refractivity contribution in [2.75, 3.05) is 6.54 Å². The van der Waals surface area contributed by atoms with Crippen molar-refractivity contribution in [2.24, 2.45) is 0 Å². The predicted molar refractivity (Wildman–Crippen MR) is 84.4 cm³/mol. The zero-order valence-corrected chi connectivity index (χ0v) is 13.1. The molecule has 2 aliphatic rings. The number of carboxylic acids is 1. The lowest BCUT2D eigenvalue weighted by molar-refractivity contribution is -0.884. The van der Waals surface area contributed by atoms with Gasteiger partial charge in [0.1, 0.15) is 6.04 Å². The number of carbonyl (C=O) groups excluding carboxylic acids is 1. The van der Waals surface area contributed by atoms with Gasteiger partial charge in [-0.05, 0) is 30.7 Å². The maximum atomic E-state index is 12.7. The van der Waals surface area contributed by atoms with E-state index < -0.39 is 18.1 Å². The van der Waals surface area contributed by atoms with Crippen molar-refractivity contribution in [1.82, 2.24) is 5.06 Å². The SMILES string of the molecule is CC1C2=C(CN(O)C=C2)C(=O)C(Cc2ccc(C(=O)O)cc2)[NH+]1[O-]. The van der Waals surface area contributed by atoms with Crippen molar-refractivity contribution in [2.45, 2.75) is 25.4 Å². The number of ketones is 1. The third-order valence-corrected chi connectivity index (χ3v) is 4.59. The van der Waals surface area contributed by atoms with Gasteiger partial charge in [0, 0.05) is 23.8 Å². The molecule has 2 heterocycles. The van der Waals surface area contributed by atoms with E-state index in [2.05, 4.69) is 0 Å². The largest absolute Gasteiger partial charge is 0.633 e. The summed E-state index contributed by atoms with van der Waals surface area (Å²) in [6.45, 7) is 1.85. The molecule has 3 atom stereocenters. The van der Waals surface area contributed by atoms with Gasteiger partial charge in [0.25, 0.3) is 0 Å². The molecule has 3 rings (SSSR count). The van der Waals surface area contributed by atoms with Crippen LogP contribution in [0.5, 0.6) is 0 Å². The molecule has 1 aromatic rings. The number of rotatable bonds is 3. The highest BCUT2D eigenvalue weighted by Gasteiger charge is 2.40. The number of nitrogens with one attached hydrogen (secondary N) is 1. The number of Topliss-reactive ketones (excluding diaryl/α,β-unsaturated/α-hetero) is 1. The van der Waals surface area contributed by atoms with Crippen LogP contribution in [0.3, 0.4) is 0 Å². The molecule has 7 heteroatoms. The predicted octanol–water partition coefficient (Wildman–Crippen LogP) is 0.165. The lowest BCUT2D eigenvalue weighted by Crippen LogP contribution is -3.17. The minimum atomic E-state index is -1.02. The highest BCUT2D eigenvalue weighted by atomic mass is 16.5. The average molecular weight is 330 g/mol. The number of carbonyl (C=O) groups is 2. The van der Waals surface area contributed by atoms with Gasteiger partial charge in [-0.3, -0.25) is 15.1 Å². The smallest absolute Gasteiger partial charge is 0.335 e. The lowest BCUT2D eigenvalue weighted by atomic mass is 9.85. The minimum Gasteiger partial charge on any atom is -0.633 e. The van der Waals surface area contributed by atoms with Gasteiger partial charge in [0.05, 0.1) is 12.1 Å². The Morgan fingerprint density at radius 3 is 2.67 bits per heavy atom. The number of hydrogen-bond acceptors (Lipinski definition) is 5. The van der Waals surface area contributed by atoms with Crippen LogP contribution in [0.4, 0.5) is 0 Å². The highest BCUT2D eigenvalue weighted by Crippen LogP contribution is 2.22. The molecule has 0 radical (unpaired) electrons. The van der Waals surface area contributed by atoms with E-state index in [9.17, 15) is 20.0 Å². The summed E-state index contributed by atoms with van der Waals surface area (Å²) >= 11 is 0. The lowest BCUT2D eigenvalue weighted by Gasteiger charge is -2.42. The van der Waals surface area contributed by atoms with E-state index in [1.807, 2.05) is 0 Å². The van der Waals surface area contributed by atoms with Gasteiger partial charge in [0.15, 0.2) is 6.04 Å². The number of benzene rings is 1. The third kappa shape index (κ3) is 2.84. The summed E-state index contributed by atoms with van der Waals surface area (Å²) in [6, 6.07) is 4.97. The maximum absolute atomic E-state index is 12.7. The molecule has 0 fully saturated rings. The Bertz CT molecular complexity index is 738. The van der Waals surface area contributed by atoms with Crippen molar-refractivity contribution in [3.05, 3.63) is 64.0 Å². The second-order valence-electron chi connectivity index (χ2n) is 6.09. The van der Waals surface area contributed by atoms with E-state index in [1.54, 1.807) is 25.1 Å². The van der Waals surface area contributed by atoms with E-state index in [0.717, 1.165) is 10.6 Å². The van der Waals surface area contributed by atoms with Crippen molar-refractivity contribution in [1.29, 1.82) is 0 Å². The number of carboxylic acid groups (broad SMARTS) is 1. The van der Waals surface area contributed by atoms with Crippen LogP contribution in [0.2, 0.25) is 0 Å². The molecule has 7 nitrogen and oxygen atoms in total. The quantitative estimate of drug-likeness (QED) is 0.682. The Kier molecular flexibility index (Phi) is 4.23. The molecule has 24 heavy (non-hydrogen) atoms. The van der Waals surface area contributed by atoms with Gasteiger partial charge in [-0.2, -0.15) is 0 Å². The van der Waals surface area contributed by atoms with Crippen LogP contribution in [0.25, 0.3) is 0 Å². The number of hydrogen-bond donors (Lipinski definition) is 3. The molecule has 0 aliphatic carbocycles. The van der Waals surface area contributed by atoms with Crippen LogP contribution in [-0.4, -0.2) is 45.8 Å². The van der Waals surface area contributed by atoms with Gasteiger partial charge in [-0.25, -0.2) is 4.79 Å². The van der Waals surface area contributed by atoms with Crippen LogP contribution >= 0.6 is 0 Å². The average Bonchev–Trinajstić information content (AvgIpc) is 2.57. The molecule has 0 amide bonds. The second kappa shape index (κ2) is 6.20. The van der Waals surface area contributed by atoms with Crippen molar-refractivity contribution >= 4 is 11.8 Å². The van der Waals surface area contributed by atoms with Crippen molar-refractivity contribution in [3.63, 3.8) is 0 Å². The van der Waals surface area contributed by atoms with Crippen molar-refractivity contribution < 1.29 is 25.0 Å². The number of aromatic carboxylic acids is 1. The van der Waals surface area contributed by atoms with Crippen LogP contribution in [-0.2, 0) is 11.2 Å².